The van der Waals surface area contributed by atoms with Gasteiger partial charge in [-0.25, -0.2) is 9.97 Å². The zero-order valence-electron chi connectivity index (χ0n) is 21.5. The number of benzene rings is 2. The third kappa shape index (κ3) is 4.37. The van der Waals surface area contributed by atoms with Gasteiger partial charge < -0.3 is 14.9 Å². The van der Waals surface area contributed by atoms with Gasteiger partial charge in [-0.2, -0.15) is 5.10 Å². The Morgan fingerprint density at radius 1 is 0.975 bits per heavy atom. The molecule has 5 aromatic heterocycles. The highest BCUT2D eigenvalue weighted by molar-refractivity contribution is 5.96. The summed E-state index contributed by atoms with van der Waals surface area (Å²) in [5.74, 6) is 0.531. The van der Waals surface area contributed by atoms with Crippen molar-refractivity contribution in [2.75, 3.05) is 5.32 Å². The normalized spacial score (nSPS) is 11.3. The molecular weight excluding hydrogens is 502 g/mol. The van der Waals surface area contributed by atoms with Crippen molar-refractivity contribution >= 4 is 33.5 Å². The van der Waals surface area contributed by atoms with Crippen molar-refractivity contribution < 1.29 is 4.79 Å². The third-order valence-corrected chi connectivity index (χ3v) is 6.68. The topological polar surface area (TPSA) is 130 Å². The first-order chi connectivity index (χ1) is 19.6. The molecule has 0 unspecified atom stereocenters. The van der Waals surface area contributed by atoms with Crippen molar-refractivity contribution in [3.05, 3.63) is 103 Å². The van der Waals surface area contributed by atoms with E-state index in [0.29, 0.717) is 22.9 Å². The van der Waals surface area contributed by atoms with Crippen LogP contribution in [0.15, 0.2) is 91.8 Å². The second kappa shape index (κ2) is 9.59. The number of hydrogen-bond acceptors (Lipinski definition) is 6. The van der Waals surface area contributed by atoms with E-state index in [1.165, 1.54) is 0 Å². The van der Waals surface area contributed by atoms with Crippen LogP contribution in [0.3, 0.4) is 0 Å². The van der Waals surface area contributed by atoms with Gasteiger partial charge in [0, 0.05) is 23.3 Å². The van der Waals surface area contributed by atoms with Gasteiger partial charge in [-0.15, -0.1) is 0 Å². The summed E-state index contributed by atoms with van der Waals surface area (Å²) in [5.41, 5.74) is 8.07. The summed E-state index contributed by atoms with van der Waals surface area (Å²) in [6.07, 6.45) is 9.13. The standard InChI is InChI=1S/C30H23N9O/c1-18-16-39(17-33-18)26-9-5-8-23-29(26)36-30(35-23)28-22-12-24(32-15-25(22)37-38-28)20-11-21(14-31-13-20)34-27(40)10-19-6-3-2-4-7-19/h2-9,11-17H,10H2,1H3,(H,34,40)(H,35,36)(H,37,38). The number of rotatable bonds is 6. The minimum absolute atomic E-state index is 0.110. The number of hydrogen-bond donors (Lipinski definition) is 3. The quantitative estimate of drug-likeness (QED) is 0.272. The number of imidazole rings is 2. The van der Waals surface area contributed by atoms with Crippen LogP contribution in [-0.4, -0.2) is 45.6 Å². The molecule has 0 aliphatic heterocycles. The first-order valence-electron chi connectivity index (χ1n) is 12.7. The molecule has 10 nitrogen and oxygen atoms in total. The van der Waals surface area contributed by atoms with Crippen LogP contribution in [0.4, 0.5) is 5.69 Å². The molecule has 194 valence electrons. The van der Waals surface area contributed by atoms with Crippen LogP contribution in [-0.2, 0) is 11.2 Å². The fourth-order valence-electron chi connectivity index (χ4n) is 4.78. The second-order valence-electron chi connectivity index (χ2n) is 9.54. The maximum atomic E-state index is 12.6. The second-order valence-corrected chi connectivity index (χ2v) is 9.54. The predicted molar refractivity (Wildman–Crippen MR) is 153 cm³/mol. The maximum Gasteiger partial charge on any atom is 0.228 e. The van der Waals surface area contributed by atoms with Crippen molar-refractivity contribution in [3.8, 4) is 28.5 Å². The molecule has 2 aromatic carbocycles. The number of carbonyl (C=O) groups excluding carboxylic acids is 1. The number of anilines is 1. The Kier molecular flexibility index (Phi) is 5.63. The van der Waals surface area contributed by atoms with Crippen molar-refractivity contribution in [1.82, 2.24) is 39.7 Å². The lowest BCUT2D eigenvalue weighted by atomic mass is 10.1. The number of nitrogens with zero attached hydrogens (tertiary/aromatic N) is 6. The first-order valence-corrected chi connectivity index (χ1v) is 12.7. The van der Waals surface area contributed by atoms with E-state index in [1.54, 1.807) is 24.9 Å². The molecule has 40 heavy (non-hydrogen) atoms. The number of H-pyrrole nitrogens is 2. The minimum Gasteiger partial charge on any atom is -0.336 e. The minimum atomic E-state index is -0.110. The average molecular weight is 526 g/mol. The van der Waals surface area contributed by atoms with Crippen LogP contribution >= 0.6 is 0 Å². The van der Waals surface area contributed by atoms with Gasteiger partial charge in [0.05, 0.1) is 58.9 Å². The molecular formula is C30H23N9O. The SMILES string of the molecule is Cc1cn(-c2cccc3[nH]c(-c4n[nH]c5cnc(-c6cncc(NC(=O)Cc7ccccc7)c6)cc45)nc23)cn1. The van der Waals surface area contributed by atoms with Gasteiger partial charge in [-0.05, 0) is 36.8 Å². The fourth-order valence-corrected chi connectivity index (χ4v) is 4.78. The lowest BCUT2D eigenvalue weighted by molar-refractivity contribution is -0.115. The molecule has 0 fully saturated rings. The van der Waals surface area contributed by atoms with Crippen molar-refractivity contribution in [2.45, 2.75) is 13.3 Å². The van der Waals surface area contributed by atoms with Crippen LogP contribution in [0.5, 0.6) is 0 Å². The van der Waals surface area contributed by atoms with E-state index in [1.807, 2.05) is 78.4 Å². The molecule has 0 saturated carbocycles. The summed E-state index contributed by atoms with van der Waals surface area (Å²) in [6.45, 7) is 1.96. The fraction of sp³-hybridized carbons (Fsp3) is 0.0667. The monoisotopic (exact) mass is 525 g/mol. The lowest BCUT2D eigenvalue weighted by Crippen LogP contribution is -2.14. The Morgan fingerprint density at radius 3 is 2.73 bits per heavy atom. The molecule has 0 aliphatic carbocycles. The molecule has 1 amide bonds. The highest BCUT2D eigenvalue weighted by atomic mass is 16.1. The Morgan fingerprint density at radius 2 is 1.88 bits per heavy atom. The van der Waals surface area contributed by atoms with E-state index in [0.717, 1.165) is 44.4 Å². The van der Waals surface area contributed by atoms with Gasteiger partial charge in [-0.3, -0.25) is 19.9 Å². The van der Waals surface area contributed by atoms with Crippen molar-refractivity contribution in [2.24, 2.45) is 0 Å². The third-order valence-electron chi connectivity index (χ3n) is 6.68. The molecule has 0 spiro atoms. The highest BCUT2D eigenvalue weighted by Gasteiger charge is 2.17. The summed E-state index contributed by atoms with van der Waals surface area (Å²) < 4.78 is 1.96. The number of pyridine rings is 2. The zero-order chi connectivity index (χ0) is 27.1. The average Bonchev–Trinajstić information content (AvgIpc) is 3.71. The van der Waals surface area contributed by atoms with E-state index in [4.69, 9.17) is 4.98 Å². The predicted octanol–water partition coefficient (Wildman–Crippen LogP) is 5.24. The summed E-state index contributed by atoms with van der Waals surface area (Å²) in [4.78, 5) is 34.2. The Bertz CT molecular complexity index is 2000. The Hall–Kier alpha value is -5.64. The summed E-state index contributed by atoms with van der Waals surface area (Å²) >= 11 is 0. The molecule has 5 heterocycles. The van der Waals surface area contributed by atoms with Crippen LogP contribution in [0, 0.1) is 6.92 Å². The molecule has 7 aromatic rings. The molecule has 0 bridgehead atoms. The summed E-state index contributed by atoms with van der Waals surface area (Å²) in [7, 11) is 0. The number of carbonyl (C=O) groups is 1. The van der Waals surface area contributed by atoms with E-state index in [2.05, 4.69) is 35.5 Å². The van der Waals surface area contributed by atoms with Crippen molar-refractivity contribution in [3.63, 3.8) is 0 Å². The lowest BCUT2D eigenvalue weighted by Gasteiger charge is -2.07. The number of amides is 1. The largest absolute Gasteiger partial charge is 0.336 e. The van der Waals surface area contributed by atoms with Crippen LogP contribution in [0.1, 0.15) is 11.3 Å². The molecule has 0 saturated heterocycles. The van der Waals surface area contributed by atoms with Gasteiger partial charge in [0.2, 0.25) is 5.91 Å². The van der Waals surface area contributed by atoms with Gasteiger partial charge in [0.15, 0.2) is 5.82 Å². The molecule has 10 heteroatoms. The number of aromatic nitrogens is 8. The summed E-state index contributed by atoms with van der Waals surface area (Å²) in [6, 6.07) is 19.4. The smallest absolute Gasteiger partial charge is 0.228 e. The van der Waals surface area contributed by atoms with E-state index in [-0.39, 0.29) is 12.3 Å². The van der Waals surface area contributed by atoms with Gasteiger partial charge in [0.1, 0.15) is 11.2 Å². The van der Waals surface area contributed by atoms with Gasteiger partial charge in [0.25, 0.3) is 0 Å². The van der Waals surface area contributed by atoms with E-state index in [9.17, 15) is 4.79 Å². The molecule has 0 atom stereocenters. The number of para-hydroxylation sites is 1. The van der Waals surface area contributed by atoms with E-state index >= 15 is 0 Å². The number of aromatic amines is 2. The maximum absolute atomic E-state index is 12.6. The molecule has 0 aliphatic rings. The summed E-state index contributed by atoms with van der Waals surface area (Å²) in [5, 5.41) is 11.4. The number of nitrogens with one attached hydrogen (secondary N) is 3. The highest BCUT2D eigenvalue weighted by Crippen LogP contribution is 2.31. The molecule has 7 rings (SSSR count). The number of aryl methyl sites for hydroxylation is 1. The van der Waals surface area contributed by atoms with Crippen molar-refractivity contribution in [1.29, 1.82) is 0 Å². The van der Waals surface area contributed by atoms with Gasteiger partial charge in [-0.1, -0.05) is 36.4 Å². The first kappa shape index (κ1) is 23.5. The zero-order valence-corrected chi connectivity index (χ0v) is 21.5. The van der Waals surface area contributed by atoms with Gasteiger partial charge >= 0.3 is 0 Å². The number of fused-ring (bicyclic) bond motifs is 2. The Balaban J connectivity index is 1.21. The van der Waals surface area contributed by atoms with E-state index < -0.39 is 0 Å². The van der Waals surface area contributed by atoms with Crippen LogP contribution < -0.4 is 5.32 Å². The molecule has 3 N–H and O–H groups in total. The molecule has 0 radical (unpaired) electrons. The Labute approximate surface area is 228 Å². The van der Waals surface area contributed by atoms with Crippen LogP contribution in [0.2, 0.25) is 0 Å². The van der Waals surface area contributed by atoms with Crippen LogP contribution in [0.25, 0.3) is 50.4 Å².